The monoisotopic (exact) mass is 290 g/mol. The predicted molar refractivity (Wildman–Crippen MR) is 81.2 cm³/mol. The molecule has 0 saturated heterocycles. The molecule has 0 heterocycles. The van der Waals surface area contributed by atoms with E-state index < -0.39 is 4.92 Å². The Hall–Kier alpha value is -2.07. The number of hydrogen-bond acceptors (Lipinski definition) is 3. The smallest absolute Gasteiger partial charge is 0.271 e. The second-order valence-electron chi connectivity index (χ2n) is 4.44. The summed E-state index contributed by atoms with van der Waals surface area (Å²) >= 11 is 6.10. The molecule has 0 saturated carbocycles. The number of nitrogens with one attached hydrogen (secondary N) is 1. The number of nitrogens with zero attached hydrogens (tertiary/aromatic N) is 1. The molecule has 1 unspecified atom stereocenters. The molecule has 2 rings (SSSR count). The summed E-state index contributed by atoms with van der Waals surface area (Å²) in [5.41, 5.74) is 1.85. The van der Waals surface area contributed by atoms with Crippen molar-refractivity contribution in [3.8, 4) is 0 Å². The van der Waals surface area contributed by atoms with Gasteiger partial charge in [0.05, 0.1) is 21.7 Å². The highest BCUT2D eigenvalue weighted by atomic mass is 35.5. The summed E-state index contributed by atoms with van der Waals surface area (Å²) in [7, 11) is 0. The van der Waals surface area contributed by atoms with Gasteiger partial charge in [0.25, 0.3) is 5.69 Å². The molecule has 1 N–H and O–H groups in total. The first-order chi connectivity index (χ1) is 9.61. The Morgan fingerprint density at radius 3 is 2.50 bits per heavy atom. The molecule has 0 aliphatic rings. The van der Waals surface area contributed by atoms with Crippen molar-refractivity contribution in [2.45, 2.75) is 19.4 Å². The van der Waals surface area contributed by atoms with Gasteiger partial charge >= 0.3 is 0 Å². The molecule has 0 aliphatic heterocycles. The minimum Gasteiger partial charge on any atom is -0.377 e. The lowest BCUT2D eigenvalue weighted by Crippen LogP contribution is -2.09. The minimum atomic E-state index is -0.454. The van der Waals surface area contributed by atoms with Crippen molar-refractivity contribution in [3.63, 3.8) is 0 Å². The summed E-state index contributed by atoms with van der Waals surface area (Å²) in [5, 5.41) is 14.4. The first-order valence-corrected chi connectivity index (χ1v) is 6.75. The highest BCUT2D eigenvalue weighted by molar-refractivity contribution is 6.33. The van der Waals surface area contributed by atoms with E-state index in [2.05, 4.69) is 12.2 Å². The Kier molecular flexibility index (Phi) is 4.58. The average molecular weight is 291 g/mol. The van der Waals surface area contributed by atoms with E-state index in [0.29, 0.717) is 10.7 Å². The van der Waals surface area contributed by atoms with Crippen LogP contribution >= 0.6 is 11.6 Å². The first kappa shape index (κ1) is 14.3. The zero-order valence-corrected chi connectivity index (χ0v) is 11.8. The second-order valence-corrected chi connectivity index (χ2v) is 4.84. The van der Waals surface area contributed by atoms with E-state index in [-0.39, 0.29) is 11.7 Å². The van der Waals surface area contributed by atoms with Crippen molar-refractivity contribution in [2.75, 3.05) is 5.32 Å². The number of non-ortho nitro benzene ring substituents is 1. The van der Waals surface area contributed by atoms with Crippen LogP contribution in [0, 0.1) is 10.1 Å². The number of hydrogen-bond donors (Lipinski definition) is 1. The Balaban J connectivity index is 2.22. The summed E-state index contributed by atoms with van der Waals surface area (Å²) in [6.45, 7) is 2.07. The quantitative estimate of drug-likeness (QED) is 0.635. The van der Waals surface area contributed by atoms with Gasteiger partial charge in [-0.25, -0.2) is 0 Å². The zero-order chi connectivity index (χ0) is 14.5. The SMILES string of the molecule is CCC(Nc1ccc([N+](=O)[O-])cc1Cl)c1ccccc1. The number of rotatable bonds is 5. The summed E-state index contributed by atoms with van der Waals surface area (Å²) in [6.07, 6.45) is 0.886. The number of benzene rings is 2. The molecule has 1 atom stereocenters. The lowest BCUT2D eigenvalue weighted by Gasteiger charge is -2.19. The average Bonchev–Trinajstić information content (AvgIpc) is 2.46. The molecular formula is C15H15ClN2O2. The molecule has 20 heavy (non-hydrogen) atoms. The van der Waals surface area contributed by atoms with Crippen molar-refractivity contribution in [3.05, 3.63) is 69.2 Å². The van der Waals surface area contributed by atoms with Gasteiger partial charge in [-0.15, -0.1) is 0 Å². The van der Waals surface area contributed by atoms with Crippen molar-refractivity contribution in [2.24, 2.45) is 0 Å². The fourth-order valence-corrected chi connectivity index (χ4v) is 2.26. The fourth-order valence-electron chi connectivity index (χ4n) is 2.03. The third-order valence-corrected chi connectivity index (χ3v) is 3.42. The number of anilines is 1. The molecule has 0 aromatic heterocycles. The molecule has 4 nitrogen and oxygen atoms in total. The topological polar surface area (TPSA) is 55.2 Å². The molecule has 2 aromatic carbocycles. The largest absolute Gasteiger partial charge is 0.377 e. The number of nitro groups is 1. The predicted octanol–water partition coefficient (Wildman–Crippen LogP) is 4.81. The van der Waals surface area contributed by atoms with E-state index in [0.717, 1.165) is 12.0 Å². The summed E-state index contributed by atoms with van der Waals surface area (Å²) in [6, 6.07) is 14.6. The minimum absolute atomic E-state index is 0.00619. The molecule has 0 spiro atoms. The normalized spacial score (nSPS) is 11.9. The van der Waals surface area contributed by atoms with Crippen molar-refractivity contribution >= 4 is 23.0 Å². The van der Waals surface area contributed by atoms with Crippen LogP contribution in [0.4, 0.5) is 11.4 Å². The van der Waals surface area contributed by atoms with E-state index >= 15 is 0 Å². The lowest BCUT2D eigenvalue weighted by atomic mass is 10.0. The molecule has 0 amide bonds. The lowest BCUT2D eigenvalue weighted by molar-refractivity contribution is -0.384. The van der Waals surface area contributed by atoms with Crippen molar-refractivity contribution < 1.29 is 4.92 Å². The van der Waals surface area contributed by atoms with Crippen molar-refractivity contribution in [1.29, 1.82) is 0 Å². The second kappa shape index (κ2) is 6.39. The molecule has 0 bridgehead atoms. The van der Waals surface area contributed by atoms with Crippen LogP contribution in [0.2, 0.25) is 5.02 Å². The van der Waals surface area contributed by atoms with Crippen LogP contribution in [0.5, 0.6) is 0 Å². The van der Waals surface area contributed by atoms with Crippen LogP contribution in [-0.2, 0) is 0 Å². The van der Waals surface area contributed by atoms with Gasteiger partial charge in [-0.2, -0.15) is 0 Å². The summed E-state index contributed by atoms with van der Waals surface area (Å²) in [4.78, 5) is 10.2. The molecule has 0 aliphatic carbocycles. The van der Waals surface area contributed by atoms with E-state index in [4.69, 9.17) is 11.6 Å². The maximum absolute atomic E-state index is 10.7. The number of nitro benzene ring substituents is 1. The van der Waals surface area contributed by atoms with Crippen molar-refractivity contribution in [1.82, 2.24) is 0 Å². The van der Waals surface area contributed by atoms with Crippen LogP contribution in [0.15, 0.2) is 48.5 Å². The maximum atomic E-state index is 10.7. The highest BCUT2D eigenvalue weighted by Crippen LogP contribution is 2.30. The van der Waals surface area contributed by atoms with Gasteiger partial charge in [0.15, 0.2) is 0 Å². The Bertz CT molecular complexity index is 602. The zero-order valence-electron chi connectivity index (χ0n) is 11.0. The van der Waals surface area contributed by atoms with Gasteiger partial charge in [0.2, 0.25) is 0 Å². The van der Waals surface area contributed by atoms with Gasteiger partial charge in [-0.3, -0.25) is 10.1 Å². The molecule has 0 fully saturated rings. The van der Waals surface area contributed by atoms with E-state index in [1.807, 2.05) is 30.3 Å². The van der Waals surface area contributed by atoms with Crippen LogP contribution in [-0.4, -0.2) is 4.92 Å². The Morgan fingerprint density at radius 1 is 1.25 bits per heavy atom. The number of halogens is 1. The van der Waals surface area contributed by atoms with Gasteiger partial charge in [-0.1, -0.05) is 48.9 Å². The molecule has 5 heteroatoms. The third-order valence-electron chi connectivity index (χ3n) is 3.10. The third kappa shape index (κ3) is 3.27. The Labute approximate surface area is 122 Å². The summed E-state index contributed by atoms with van der Waals surface area (Å²) < 4.78 is 0. The first-order valence-electron chi connectivity index (χ1n) is 6.37. The standard InChI is InChI=1S/C15H15ClN2O2/c1-2-14(11-6-4-3-5-7-11)17-15-9-8-12(18(19)20)10-13(15)16/h3-10,14,17H,2H2,1H3. The molecule has 0 radical (unpaired) electrons. The van der Waals surface area contributed by atoms with Crippen LogP contribution in [0.1, 0.15) is 24.9 Å². The molecule has 104 valence electrons. The highest BCUT2D eigenvalue weighted by Gasteiger charge is 2.13. The van der Waals surface area contributed by atoms with E-state index in [9.17, 15) is 10.1 Å². The van der Waals surface area contributed by atoms with Gasteiger partial charge in [-0.05, 0) is 18.1 Å². The van der Waals surface area contributed by atoms with E-state index in [1.165, 1.54) is 12.1 Å². The van der Waals surface area contributed by atoms with Crippen LogP contribution < -0.4 is 5.32 Å². The molecular weight excluding hydrogens is 276 g/mol. The molecule has 2 aromatic rings. The van der Waals surface area contributed by atoms with Crippen LogP contribution in [0.25, 0.3) is 0 Å². The van der Waals surface area contributed by atoms with E-state index in [1.54, 1.807) is 6.07 Å². The van der Waals surface area contributed by atoms with Gasteiger partial charge in [0, 0.05) is 12.1 Å². The van der Waals surface area contributed by atoms with Gasteiger partial charge < -0.3 is 5.32 Å². The summed E-state index contributed by atoms with van der Waals surface area (Å²) in [5.74, 6) is 0. The Morgan fingerprint density at radius 2 is 1.95 bits per heavy atom. The van der Waals surface area contributed by atoms with Crippen LogP contribution in [0.3, 0.4) is 0 Å². The fraction of sp³-hybridized carbons (Fsp3) is 0.200. The van der Waals surface area contributed by atoms with Gasteiger partial charge in [0.1, 0.15) is 0 Å². The maximum Gasteiger partial charge on any atom is 0.271 e.